The van der Waals surface area contributed by atoms with Crippen LogP contribution in [0.4, 0.5) is 0 Å². The van der Waals surface area contributed by atoms with Crippen molar-refractivity contribution >= 4 is 37.7 Å². The minimum absolute atomic E-state index is 0.0556. The van der Waals surface area contributed by atoms with Gasteiger partial charge in [0.2, 0.25) is 0 Å². The van der Waals surface area contributed by atoms with Crippen molar-refractivity contribution in [2.24, 2.45) is 0 Å². The van der Waals surface area contributed by atoms with Gasteiger partial charge in [-0.2, -0.15) is 0 Å². The molecule has 0 aliphatic heterocycles. The van der Waals surface area contributed by atoms with Gasteiger partial charge in [-0.05, 0) is 0 Å². The molecule has 6 heteroatoms. The number of carbonyl (C=O) groups is 2. The molecule has 0 aromatic carbocycles. The third-order valence-corrected chi connectivity index (χ3v) is 0.575. The first-order valence-electron chi connectivity index (χ1n) is 2.84. The SMILES string of the molecule is COC(C)=O.COC(C)=O.[O]=[Pb]. The summed E-state index contributed by atoms with van der Waals surface area (Å²) in [6, 6.07) is 0. The van der Waals surface area contributed by atoms with Crippen molar-refractivity contribution in [1.82, 2.24) is 0 Å². The van der Waals surface area contributed by atoms with E-state index < -0.39 is 0 Å². The summed E-state index contributed by atoms with van der Waals surface area (Å²) in [5.41, 5.74) is 0. The molecule has 0 aromatic heterocycles. The summed E-state index contributed by atoms with van der Waals surface area (Å²) in [7, 11) is 2.70. The molecule has 0 atom stereocenters. The maximum atomic E-state index is 9.59. The first kappa shape index (κ1) is 17.7. The van der Waals surface area contributed by atoms with Gasteiger partial charge in [-0.3, -0.25) is 9.59 Å². The van der Waals surface area contributed by atoms with Gasteiger partial charge in [0.05, 0.1) is 14.2 Å². The predicted molar refractivity (Wildman–Crippen MR) is 41.8 cm³/mol. The number of methoxy groups -OCH3 is 2. The molecule has 0 aliphatic carbocycles. The van der Waals surface area contributed by atoms with Gasteiger partial charge in [0.25, 0.3) is 0 Å². The molecular formula is C6H12O5Pb. The molecule has 5 nitrogen and oxygen atoms in total. The molecule has 0 spiro atoms. The van der Waals surface area contributed by atoms with Crippen LogP contribution in [0.3, 0.4) is 0 Å². The Kier molecular flexibility index (Phi) is 25.0. The number of hydrogen-bond donors (Lipinski definition) is 0. The van der Waals surface area contributed by atoms with E-state index >= 15 is 0 Å². The number of carbonyl (C=O) groups excluding carboxylic acids is 2. The molecule has 0 rings (SSSR count). The summed E-state index contributed by atoms with van der Waals surface area (Å²) in [5.74, 6) is -0.491. The fourth-order valence-electron chi connectivity index (χ4n) is 0. The number of hydrogen-bond acceptors (Lipinski definition) is 5. The molecular weight excluding hydrogens is 359 g/mol. The normalized spacial score (nSPS) is 6.00. The molecule has 0 aliphatic rings. The molecule has 0 saturated heterocycles. The van der Waals surface area contributed by atoms with E-state index in [0.29, 0.717) is 0 Å². The number of esters is 2. The van der Waals surface area contributed by atoms with Gasteiger partial charge in [0, 0.05) is 13.8 Å². The van der Waals surface area contributed by atoms with E-state index in [0.717, 1.165) is 0 Å². The van der Waals surface area contributed by atoms with Gasteiger partial charge < -0.3 is 9.47 Å². The van der Waals surface area contributed by atoms with Crippen LogP contribution in [0.1, 0.15) is 13.8 Å². The second kappa shape index (κ2) is 17.0. The van der Waals surface area contributed by atoms with E-state index in [1.165, 1.54) is 28.1 Å². The molecule has 0 fully saturated rings. The van der Waals surface area contributed by atoms with E-state index in [2.05, 4.69) is 9.47 Å². The van der Waals surface area contributed by atoms with E-state index in [9.17, 15) is 9.59 Å². The van der Waals surface area contributed by atoms with Crippen molar-refractivity contribution in [3.05, 3.63) is 0 Å². The van der Waals surface area contributed by atoms with Gasteiger partial charge in [0.1, 0.15) is 0 Å². The van der Waals surface area contributed by atoms with Crippen LogP contribution in [-0.4, -0.2) is 51.9 Å². The molecule has 70 valence electrons. The fraction of sp³-hybridized carbons (Fsp3) is 0.667. The second-order valence-corrected chi connectivity index (χ2v) is 1.39. The Morgan fingerprint density at radius 3 is 1.00 bits per heavy atom. The zero-order chi connectivity index (χ0) is 10.6. The van der Waals surface area contributed by atoms with Gasteiger partial charge in [0.15, 0.2) is 0 Å². The van der Waals surface area contributed by atoms with Crippen LogP contribution < -0.4 is 0 Å². The molecule has 0 heterocycles. The van der Waals surface area contributed by atoms with Gasteiger partial charge >= 0.3 is 40.4 Å². The monoisotopic (exact) mass is 372 g/mol. The summed E-state index contributed by atoms with van der Waals surface area (Å²) in [6.45, 7) is 2.72. The molecule has 0 saturated carbocycles. The molecule has 0 bridgehead atoms. The average molecular weight is 371 g/mol. The quantitative estimate of drug-likeness (QED) is 0.438. The number of rotatable bonds is 0. The van der Waals surface area contributed by atoms with E-state index in [4.69, 9.17) is 2.69 Å². The van der Waals surface area contributed by atoms with Crippen LogP contribution in [0.15, 0.2) is 0 Å². The third kappa shape index (κ3) is 54.1. The molecule has 0 aromatic rings. The van der Waals surface area contributed by atoms with Crippen molar-refractivity contribution in [3.8, 4) is 0 Å². The topological polar surface area (TPSA) is 69.7 Å². The van der Waals surface area contributed by atoms with Crippen molar-refractivity contribution < 1.29 is 21.7 Å². The van der Waals surface area contributed by atoms with Crippen molar-refractivity contribution in [2.45, 2.75) is 13.8 Å². The van der Waals surface area contributed by atoms with Crippen LogP contribution in [0.2, 0.25) is 0 Å². The Labute approximate surface area is 87.6 Å². The first-order valence-corrected chi connectivity index (χ1v) is 4.42. The van der Waals surface area contributed by atoms with Crippen molar-refractivity contribution in [2.75, 3.05) is 14.2 Å². The average Bonchev–Trinajstić information content (AvgIpc) is 2.09. The standard InChI is InChI=1S/2C3H6O2.O.Pb/c2*1-3(4)5-2;;/h2*1-2H3;;. The Balaban J connectivity index is -0.000000112. The molecule has 0 amide bonds. The Hall–Kier alpha value is -0.338. The van der Waals surface area contributed by atoms with Crippen LogP contribution in [0.5, 0.6) is 0 Å². The molecule has 0 N–H and O–H groups in total. The predicted octanol–water partition coefficient (Wildman–Crippen LogP) is -0.141. The van der Waals surface area contributed by atoms with Crippen LogP contribution in [0.25, 0.3) is 0 Å². The zero-order valence-corrected chi connectivity index (χ0v) is 11.4. The fourth-order valence-corrected chi connectivity index (χ4v) is 0. The molecule has 0 unspecified atom stereocenters. The van der Waals surface area contributed by atoms with Crippen molar-refractivity contribution in [3.63, 3.8) is 0 Å². The van der Waals surface area contributed by atoms with Crippen LogP contribution in [-0.2, 0) is 21.7 Å². The number of ether oxygens (including phenoxy) is 2. The van der Waals surface area contributed by atoms with Gasteiger partial charge in [-0.25, -0.2) is 0 Å². The summed E-state index contributed by atoms with van der Waals surface area (Å²) in [6.07, 6.45) is 0. The van der Waals surface area contributed by atoms with E-state index in [1.807, 2.05) is 0 Å². The molecule has 12 heavy (non-hydrogen) atoms. The minimum atomic E-state index is -0.245. The third-order valence-electron chi connectivity index (χ3n) is 0.575. The van der Waals surface area contributed by atoms with Crippen LogP contribution in [0, 0.1) is 0 Å². The van der Waals surface area contributed by atoms with Crippen molar-refractivity contribution in [1.29, 1.82) is 0 Å². The summed E-state index contributed by atoms with van der Waals surface area (Å²) in [4.78, 5) is 19.2. The summed E-state index contributed by atoms with van der Waals surface area (Å²) >= 11 is 0.0556. The van der Waals surface area contributed by atoms with Gasteiger partial charge in [-0.15, -0.1) is 0 Å². The Morgan fingerprint density at radius 2 is 1.00 bits per heavy atom. The first-order chi connectivity index (χ1) is 5.54. The molecule has 2 radical (unpaired) electrons. The Bertz CT molecular complexity index is 111. The van der Waals surface area contributed by atoms with Gasteiger partial charge in [-0.1, -0.05) is 0 Å². The van der Waals surface area contributed by atoms with E-state index in [1.54, 1.807) is 0 Å². The maximum absolute atomic E-state index is 9.59. The summed E-state index contributed by atoms with van der Waals surface area (Å²) in [5, 5.41) is 0. The van der Waals surface area contributed by atoms with Crippen LogP contribution >= 0.6 is 0 Å². The van der Waals surface area contributed by atoms with E-state index in [-0.39, 0.29) is 37.7 Å². The second-order valence-electron chi connectivity index (χ2n) is 1.39. The summed E-state index contributed by atoms with van der Waals surface area (Å²) < 4.78 is 16.6. The Morgan fingerprint density at radius 1 is 0.917 bits per heavy atom. The zero-order valence-electron chi connectivity index (χ0n) is 7.54.